The Morgan fingerprint density at radius 1 is 1.25 bits per heavy atom. The van der Waals surface area contributed by atoms with Gasteiger partial charge in [0.1, 0.15) is 0 Å². The van der Waals surface area contributed by atoms with E-state index < -0.39 is 0 Å². The van der Waals surface area contributed by atoms with Crippen LogP contribution in [0.2, 0.25) is 0 Å². The lowest BCUT2D eigenvalue weighted by molar-refractivity contribution is -0.131. The summed E-state index contributed by atoms with van der Waals surface area (Å²) in [6.45, 7) is 4.82. The standard InChI is InChI=1S/C19H27N3O2/c1-13-3-5-17(6-4-13)22-12-16(11-18(22)23)19(24)21-14(2)15-7-9-20-10-8-15/h7-10,13-14,16-17H,3-6,11-12H2,1-2H3,(H,21,24)/t13?,14-,16+,17?/m1/s1. The molecule has 2 amide bonds. The average molecular weight is 329 g/mol. The molecule has 2 aliphatic rings. The summed E-state index contributed by atoms with van der Waals surface area (Å²) >= 11 is 0. The van der Waals surface area contributed by atoms with Crippen molar-refractivity contribution in [2.24, 2.45) is 11.8 Å². The molecule has 3 rings (SSSR count). The molecule has 1 aliphatic carbocycles. The number of nitrogens with one attached hydrogen (secondary N) is 1. The number of aromatic nitrogens is 1. The van der Waals surface area contributed by atoms with Crippen molar-refractivity contribution in [1.29, 1.82) is 0 Å². The molecule has 5 nitrogen and oxygen atoms in total. The van der Waals surface area contributed by atoms with Crippen molar-refractivity contribution in [1.82, 2.24) is 15.2 Å². The van der Waals surface area contributed by atoms with Crippen molar-refractivity contribution in [2.75, 3.05) is 6.54 Å². The van der Waals surface area contributed by atoms with E-state index in [9.17, 15) is 9.59 Å². The summed E-state index contributed by atoms with van der Waals surface area (Å²) in [6.07, 6.45) is 8.32. The molecule has 24 heavy (non-hydrogen) atoms. The van der Waals surface area contributed by atoms with Crippen LogP contribution in [-0.2, 0) is 9.59 Å². The third-order valence-electron chi connectivity index (χ3n) is 5.52. The molecule has 1 saturated carbocycles. The van der Waals surface area contributed by atoms with Crippen molar-refractivity contribution >= 4 is 11.8 Å². The molecule has 2 atom stereocenters. The highest BCUT2D eigenvalue weighted by atomic mass is 16.2. The number of amides is 2. The predicted molar refractivity (Wildman–Crippen MR) is 92.0 cm³/mol. The van der Waals surface area contributed by atoms with Crippen LogP contribution in [-0.4, -0.2) is 34.3 Å². The number of carbonyl (C=O) groups excluding carboxylic acids is 2. The van der Waals surface area contributed by atoms with E-state index in [0.717, 1.165) is 24.3 Å². The summed E-state index contributed by atoms with van der Waals surface area (Å²) < 4.78 is 0. The number of likely N-dealkylation sites (tertiary alicyclic amines) is 1. The first-order valence-electron chi connectivity index (χ1n) is 9.04. The summed E-state index contributed by atoms with van der Waals surface area (Å²) in [4.78, 5) is 30.9. The Morgan fingerprint density at radius 2 is 1.92 bits per heavy atom. The Labute approximate surface area is 143 Å². The van der Waals surface area contributed by atoms with Crippen molar-refractivity contribution < 1.29 is 9.59 Å². The Hall–Kier alpha value is -1.91. The van der Waals surface area contributed by atoms with Gasteiger partial charge in [-0.2, -0.15) is 0 Å². The van der Waals surface area contributed by atoms with Crippen molar-refractivity contribution in [2.45, 2.75) is 58.0 Å². The first-order valence-corrected chi connectivity index (χ1v) is 9.04. The lowest BCUT2D eigenvalue weighted by atomic mass is 9.87. The van der Waals surface area contributed by atoms with Crippen LogP contribution >= 0.6 is 0 Å². The lowest BCUT2D eigenvalue weighted by Gasteiger charge is -2.33. The number of pyridine rings is 1. The number of hydrogen-bond donors (Lipinski definition) is 1. The van der Waals surface area contributed by atoms with E-state index in [0.29, 0.717) is 19.0 Å². The zero-order valence-corrected chi connectivity index (χ0v) is 14.6. The topological polar surface area (TPSA) is 62.3 Å². The second-order valence-corrected chi connectivity index (χ2v) is 7.37. The highest BCUT2D eigenvalue weighted by Gasteiger charge is 2.38. The molecule has 0 radical (unpaired) electrons. The number of nitrogens with zero attached hydrogens (tertiary/aromatic N) is 2. The third-order valence-corrected chi connectivity index (χ3v) is 5.52. The van der Waals surface area contributed by atoms with Gasteiger partial charge in [0.25, 0.3) is 0 Å². The first-order chi connectivity index (χ1) is 11.5. The Kier molecular flexibility index (Phi) is 5.17. The van der Waals surface area contributed by atoms with Gasteiger partial charge >= 0.3 is 0 Å². The zero-order chi connectivity index (χ0) is 17.1. The molecule has 5 heteroatoms. The third kappa shape index (κ3) is 3.77. The summed E-state index contributed by atoms with van der Waals surface area (Å²) in [5.41, 5.74) is 1.03. The average Bonchev–Trinajstić information content (AvgIpc) is 2.98. The van der Waals surface area contributed by atoms with Gasteiger partial charge in [-0.25, -0.2) is 0 Å². The maximum absolute atomic E-state index is 12.5. The van der Waals surface area contributed by atoms with Gasteiger partial charge < -0.3 is 10.2 Å². The molecule has 0 bridgehead atoms. The van der Waals surface area contributed by atoms with Crippen LogP contribution in [0.3, 0.4) is 0 Å². The highest BCUT2D eigenvalue weighted by Crippen LogP contribution is 2.31. The SMILES string of the molecule is CC1CCC(N2C[C@@H](C(=O)N[C@H](C)c3ccncc3)CC2=O)CC1. The van der Waals surface area contributed by atoms with Gasteiger partial charge in [-0.1, -0.05) is 6.92 Å². The van der Waals surface area contributed by atoms with E-state index in [1.54, 1.807) is 12.4 Å². The van der Waals surface area contributed by atoms with Crippen LogP contribution < -0.4 is 5.32 Å². The minimum atomic E-state index is -0.221. The van der Waals surface area contributed by atoms with Gasteiger partial charge in [0.2, 0.25) is 11.8 Å². The molecule has 1 aromatic rings. The zero-order valence-electron chi connectivity index (χ0n) is 14.6. The summed E-state index contributed by atoms with van der Waals surface area (Å²) in [6, 6.07) is 4.07. The molecular weight excluding hydrogens is 302 g/mol. The predicted octanol–water partition coefficient (Wildman–Crippen LogP) is 2.69. The fraction of sp³-hybridized carbons (Fsp3) is 0.632. The Bertz CT molecular complexity index is 582. The van der Waals surface area contributed by atoms with E-state index in [-0.39, 0.29) is 23.8 Å². The second-order valence-electron chi connectivity index (χ2n) is 7.37. The normalized spacial score (nSPS) is 28.7. The molecule has 1 aromatic heterocycles. The molecule has 2 heterocycles. The maximum atomic E-state index is 12.5. The van der Waals surface area contributed by atoms with Gasteiger partial charge in [-0.05, 0) is 56.2 Å². The fourth-order valence-corrected chi connectivity index (χ4v) is 3.88. The van der Waals surface area contributed by atoms with Crippen molar-refractivity contribution in [3.8, 4) is 0 Å². The molecule has 1 N–H and O–H groups in total. The minimum absolute atomic E-state index is 0.0145. The summed E-state index contributed by atoms with van der Waals surface area (Å²) in [7, 11) is 0. The minimum Gasteiger partial charge on any atom is -0.349 e. The molecule has 1 saturated heterocycles. The lowest BCUT2D eigenvalue weighted by Crippen LogP contribution is -2.40. The Morgan fingerprint density at radius 3 is 2.58 bits per heavy atom. The van der Waals surface area contributed by atoms with Gasteiger partial charge in [0.05, 0.1) is 12.0 Å². The van der Waals surface area contributed by atoms with Crippen LogP contribution in [0.1, 0.15) is 57.6 Å². The summed E-state index contributed by atoms with van der Waals surface area (Å²) in [5, 5.41) is 3.04. The second kappa shape index (κ2) is 7.32. The summed E-state index contributed by atoms with van der Waals surface area (Å²) in [5.74, 6) is 0.672. The van der Waals surface area contributed by atoms with Gasteiger partial charge in [-0.15, -0.1) is 0 Å². The molecule has 0 aromatic carbocycles. The van der Waals surface area contributed by atoms with Gasteiger partial charge in [0.15, 0.2) is 0 Å². The monoisotopic (exact) mass is 329 g/mol. The van der Waals surface area contributed by atoms with Gasteiger partial charge in [-0.3, -0.25) is 14.6 Å². The fourth-order valence-electron chi connectivity index (χ4n) is 3.88. The van der Waals surface area contributed by atoms with Crippen LogP contribution in [0.4, 0.5) is 0 Å². The molecule has 0 spiro atoms. The highest BCUT2D eigenvalue weighted by molar-refractivity contribution is 5.89. The van der Waals surface area contributed by atoms with Crippen LogP contribution in [0, 0.1) is 11.8 Å². The maximum Gasteiger partial charge on any atom is 0.225 e. The smallest absolute Gasteiger partial charge is 0.225 e. The largest absolute Gasteiger partial charge is 0.349 e. The van der Waals surface area contributed by atoms with E-state index in [1.165, 1.54) is 12.8 Å². The van der Waals surface area contributed by atoms with Crippen molar-refractivity contribution in [3.05, 3.63) is 30.1 Å². The quantitative estimate of drug-likeness (QED) is 0.924. The van der Waals surface area contributed by atoms with Crippen LogP contribution in [0.5, 0.6) is 0 Å². The molecular formula is C19H27N3O2. The first kappa shape index (κ1) is 16.9. The van der Waals surface area contributed by atoms with E-state index in [1.807, 2.05) is 24.0 Å². The molecule has 0 unspecified atom stereocenters. The van der Waals surface area contributed by atoms with Crippen LogP contribution in [0.15, 0.2) is 24.5 Å². The number of hydrogen-bond acceptors (Lipinski definition) is 3. The van der Waals surface area contributed by atoms with E-state index in [4.69, 9.17) is 0 Å². The molecule has 2 fully saturated rings. The van der Waals surface area contributed by atoms with Crippen molar-refractivity contribution in [3.63, 3.8) is 0 Å². The van der Waals surface area contributed by atoms with E-state index >= 15 is 0 Å². The number of rotatable bonds is 4. The molecule has 130 valence electrons. The molecule has 1 aliphatic heterocycles. The van der Waals surface area contributed by atoms with Crippen LogP contribution in [0.25, 0.3) is 0 Å². The Balaban J connectivity index is 1.56. The van der Waals surface area contributed by atoms with Gasteiger partial charge in [0, 0.05) is 31.4 Å². The van der Waals surface area contributed by atoms with E-state index in [2.05, 4.69) is 17.2 Å². The number of carbonyl (C=O) groups is 2.